The third kappa shape index (κ3) is 5.89. The Labute approximate surface area is 175 Å². The Balaban J connectivity index is 1.51. The monoisotopic (exact) mass is 423 g/mol. The van der Waals surface area contributed by atoms with Crippen LogP contribution in [-0.2, 0) is 9.53 Å². The second-order valence-electron chi connectivity index (χ2n) is 7.67. The Morgan fingerprint density at radius 2 is 1.97 bits per heavy atom. The van der Waals surface area contributed by atoms with E-state index in [9.17, 15) is 9.18 Å². The summed E-state index contributed by atoms with van der Waals surface area (Å²) in [7, 11) is 0. The Morgan fingerprint density at radius 3 is 2.62 bits per heavy atom. The molecule has 1 aromatic heterocycles. The quantitative estimate of drug-likeness (QED) is 0.502. The van der Waals surface area contributed by atoms with Crippen molar-refractivity contribution in [3.05, 3.63) is 17.9 Å². The van der Waals surface area contributed by atoms with Gasteiger partial charge in [-0.15, -0.1) is 0 Å². The van der Waals surface area contributed by atoms with Crippen molar-refractivity contribution in [3.63, 3.8) is 0 Å². The van der Waals surface area contributed by atoms with Crippen LogP contribution in [0.25, 0.3) is 10.2 Å². The van der Waals surface area contributed by atoms with Gasteiger partial charge in [0.2, 0.25) is 0 Å². The summed E-state index contributed by atoms with van der Waals surface area (Å²) in [6, 6.07) is 3.44. The van der Waals surface area contributed by atoms with E-state index in [0.717, 1.165) is 32.1 Å². The summed E-state index contributed by atoms with van der Waals surface area (Å²) >= 11 is 1.21. The lowest BCUT2D eigenvalue weighted by Crippen LogP contribution is -2.30. The molecule has 1 atom stereocenters. The summed E-state index contributed by atoms with van der Waals surface area (Å²) in [4.78, 5) is 15.6. The number of hydrogen-bond acceptors (Lipinski definition) is 6. The Bertz CT molecular complexity index is 816. The van der Waals surface area contributed by atoms with Crippen molar-refractivity contribution in [3.8, 4) is 10.9 Å². The molecule has 3 rings (SSSR count). The van der Waals surface area contributed by atoms with Crippen LogP contribution in [0.15, 0.2) is 12.1 Å². The third-order valence-corrected chi connectivity index (χ3v) is 6.32. The number of Topliss-reactive ketones (excluding diaryl/α,β-unsaturated/α-hetero) is 1. The van der Waals surface area contributed by atoms with E-state index in [0.29, 0.717) is 41.0 Å². The van der Waals surface area contributed by atoms with Crippen LogP contribution in [0.1, 0.15) is 59.3 Å². The van der Waals surface area contributed by atoms with Crippen LogP contribution >= 0.6 is 11.3 Å². The number of rotatable bonds is 10. The van der Waals surface area contributed by atoms with Crippen molar-refractivity contribution in [2.45, 2.75) is 71.5 Å². The van der Waals surface area contributed by atoms with E-state index in [1.807, 2.05) is 6.92 Å². The van der Waals surface area contributed by atoms with E-state index in [2.05, 4.69) is 11.9 Å². The Kier molecular flexibility index (Phi) is 7.84. The van der Waals surface area contributed by atoms with Crippen molar-refractivity contribution in [2.24, 2.45) is 5.92 Å². The predicted octanol–water partition coefficient (Wildman–Crippen LogP) is 5.55. The molecule has 1 saturated carbocycles. The van der Waals surface area contributed by atoms with E-state index in [1.54, 1.807) is 19.1 Å². The van der Waals surface area contributed by atoms with Crippen LogP contribution in [0.5, 0.6) is 10.9 Å². The van der Waals surface area contributed by atoms with Crippen molar-refractivity contribution in [2.75, 3.05) is 13.2 Å². The third-order valence-electron chi connectivity index (χ3n) is 5.35. The summed E-state index contributed by atoms with van der Waals surface area (Å²) in [5.74, 6) is 0.426. The molecular weight excluding hydrogens is 393 g/mol. The van der Waals surface area contributed by atoms with Gasteiger partial charge in [0.25, 0.3) is 5.19 Å². The lowest BCUT2D eigenvalue weighted by molar-refractivity contribution is -0.118. The number of hydrogen-bond donors (Lipinski definition) is 0. The van der Waals surface area contributed by atoms with Crippen LogP contribution in [0.4, 0.5) is 4.39 Å². The highest BCUT2D eigenvalue weighted by atomic mass is 32.1. The average Bonchev–Trinajstić information content (AvgIpc) is 3.12. The minimum absolute atomic E-state index is 0.0136. The molecular formula is C22H30FNO4S. The number of thiazole rings is 1. The van der Waals surface area contributed by atoms with Gasteiger partial charge < -0.3 is 19.0 Å². The molecule has 0 bridgehead atoms. The number of ether oxygens (including phenoxy) is 3. The molecule has 5 nitrogen and oxygen atoms in total. The summed E-state index contributed by atoms with van der Waals surface area (Å²) < 4.78 is 32.7. The van der Waals surface area contributed by atoms with Crippen molar-refractivity contribution in [1.82, 2.24) is 4.98 Å². The zero-order chi connectivity index (χ0) is 20.8. The molecule has 0 N–H and O–H groups in total. The average molecular weight is 424 g/mol. The number of aromatic nitrogens is 1. The number of halogens is 1. The lowest BCUT2D eigenvalue weighted by atomic mass is 9.94. The second-order valence-corrected chi connectivity index (χ2v) is 8.63. The highest BCUT2D eigenvalue weighted by molar-refractivity contribution is 7.20. The van der Waals surface area contributed by atoms with E-state index in [1.165, 1.54) is 11.3 Å². The molecule has 7 heteroatoms. The van der Waals surface area contributed by atoms with Gasteiger partial charge in [-0.2, -0.15) is 0 Å². The highest BCUT2D eigenvalue weighted by Crippen LogP contribution is 2.35. The number of nitrogens with zero attached hydrogens (tertiary/aromatic N) is 1. The zero-order valence-electron chi connectivity index (χ0n) is 17.4. The Hall–Kier alpha value is -1.73. The molecule has 29 heavy (non-hydrogen) atoms. The van der Waals surface area contributed by atoms with Crippen LogP contribution in [0.3, 0.4) is 0 Å². The number of ketones is 1. The number of fused-ring (bicyclic) bond motifs is 1. The molecule has 1 aliphatic carbocycles. The van der Waals surface area contributed by atoms with Crippen LogP contribution in [-0.4, -0.2) is 36.2 Å². The van der Waals surface area contributed by atoms with Gasteiger partial charge in [0.15, 0.2) is 11.6 Å². The van der Waals surface area contributed by atoms with Crippen LogP contribution in [0, 0.1) is 11.7 Å². The fraction of sp³-hybridized carbons (Fsp3) is 0.636. The smallest absolute Gasteiger partial charge is 0.274 e. The molecule has 1 aromatic carbocycles. The maximum absolute atomic E-state index is 14.8. The molecule has 0 spiro atoms. The van der Waals surface area contributed by atoms with Gasteiger partial charge >= 0.3 is 0 Å². The van der Waals surface area contributed by atoms with Gasteiger partial charge in [-0.1, -0.05) is 24.7 Å². The largest absolute Gasteiger partial charge is 0.487 e. The molecule has 160 valence electrons. The van der Waals surface area contributed by atoms with Crippen molar-refractivity contribution in [1.29, 1.82) is 0 Å². The lowest BCUT2D eigenvalue weighted by Gasteiger charge is -2.30. The maximum Gasteiger partial charge on any atom is 0.274 e. The van der Waals surface area contributed by atoms with Gasteiger partial charge in [-0.3, -0.25) is 0 Å². The summed E-state index contributed by atoms with van der Waals surface area (Å²) in [6.07, 6.45) is 5.15. The fourth-order valence-electron chi connectivity index (χ4n) is 3.69. The number of carbonyl (C=O) groups is 1. The number of benzene rings is 1. The predicted molar refractivity (Wildman–Crippen MR) is 112 cm³/mol. The first-order chi connectivity index (χ1) is 14.0. The number of carbonyl (C=O) groups excluding carboxylic acids is 1. The molecule has 1 heterocycles. The minimum Gasteiger partial charge on any atom is -0.487 e. The molecule has 1 fully saturated rings. The topological polar surface area (TPSA) is 57.6 Å². The molecule has 0 radical (unpaired) electrons. The zero-order valence-corrected chi connectivity index (χ0v) is 18.2. The van der Waals surface area contributed by atoms with Crippen LogP contribution < -0.4 is 9.47 Å². The maximum atomic E-state index is 14.8. The first-order valence-electron chi connectivity index (χ1n) is 10.5. The fourth-order valence-corrected chi connectivity index (χ4v) is 4.60. The first-order valence-corrected chi connectivity index (χ1v) is 11.3. The summed E-state index contributed by atoms with van der Waals surface area (Å²) in [6.45, 7) is 6.73. The molecule has 2 aromatic rings. The molecule has 1 aliphatic rings. The second kappa shape index (κ2) is 10.3. The van der Waals surface area contributed by atoms with Crippen molar-refractivity contribution >= 4 is 27.3 Å². The van der Waals surface area contributed by atoms with Gasteiger partial charge in [0, 0.05) is 6.42 Å². The normalized spacial score (nSPS) is 20.6. The van der Waals surface area contributed by atoms with E-state index < -0.39 is 0 Å². The van der Waals surface area contributed by atoms with Gasteiger partial charge in [-0.05, 0) is 57.6 Å². The van der Waals surface area contributed by atoms with Gasteiger partial charge in [0.05, 0.1) is 35.6 Å². The molecule has 0 amide bonds. The van der Waals surface area contributed by atoms with Crippen LogP contribution in [0.2, 0.25) is 0 Å². The first kappa shape index (κ1) is 22.0. The van der Waals surface area contributed by atoms with E-state index in [-0.39, 0.29) is 29.6 Å². The highest BCUT2D eigenvalue weighted by Gasteiger charge is 2.25. The molecule has 0 unspecified atom stereocenters. The van der Waals surface area contributed by atoms with E-state index in [4.69, 9.17) is 14.2 Å². The summed E-state index contributed by atoms with van der Waals surface area (Å²) in [5.41, 5.74) is 0.594. The van der Waals surface area contributed by atoms with Gasteiger partial charge in [-0.25, -0.2) is 9.37 Å². The van der Waals surface area contributed by atoms with Gasteiger partial charge in [0.1, 0.15) is 5.78 Å². The Morgan fingerprint density at radius 1 is 1.24 bits per heavy atom. The minimum atomic E-state index is -0.362. The molecule has 0 aliphatic heterocycles. The molecule has 0 saturated heterocycles. The summed E-state index contributed by atoms with van der Waals surface area (Å²) in [5, 5.41) is 0.478. The van der Waals surface area contributed by atoms with Crippen molar-refractivity contribution < 1.29 is 23.4 Å². The van der Waals surface area contributed by atoms with E-state index >= 15 is 0 Å². The SMILES string of the molecule is CCOc1nc2ccc(OC3CCC(OC[C@H](CC)CC(C)=O)CC3)c(F)c2s1. The standard InChI is InChI=1S/C22H30FNO4S/c1-4-15(12-14(3)25)13-27-16-6-8-17(9-7-16)28-19-11-10-18-21(20(19)23)29-22(24-18)26-5-2/h10-11,15-17H,4-9,12-13H2,1-3H3/t15-,16?,17?/m1/s1.